The second-order valence-electron chi connectivity index (χ2n) is 10.0. The van der Waals surface area contributed by atoms with E-state index in [1.807, 2.05) is 48.5 Å². The Kier molecular flexibility index (Phi) is 6.37. The molecule has 0 fully saturated rings. The van der Waals surface area contributed by atoms with Crippen LogP contribution in [0.2, 0.25) is 0 Å². The molecule has 0 radical (unpaired) electrons. The van der Waals surface area contributed by atoms with Gasteiger partial charge in [-0.15, -0.1) is 0 Å². The van der Waals surface area contributed by atoms with Crippen LogP contribution >= 0.6 is 0 Å². The van der Waals surface area contributed by atoms with E-state index >= 15 is 0 Å². The van der Waals surface area contributed by atoms with Crippen LogP contribution in [0.5, 0.6) is 0 Å². The van der Waals surface area contributed by atoms with Crippen LogP contribution in [0, 0.1) is 0 Å². The van der Waals surface area contributed by atoms with Gasteiger partial charge in [-0.25, -0.2) is 21.8 Å². The van der Waals surface area contributed by atoms with E-state index in [0.717, 1.165) is 21.5 Å². The van der Waals surface area contributed by atoms with Gasteiger partial charge in [-0.05, 0) is 88.3 Å². The highest BCUT2D eigenvalue weighted by atomic mass is 32.2. The van der Waals surface area contributed by atoms with Crippen LogP contribution < -0.4 is 9.44 Å². The third kappa shape index (κ3) is 5.29. The molecule has 2 N–H and O–H groups in total. The quantitative estimate of drug-likeness (QED) is 0.195. The first-order valence-electron chi connectivity index (χ1n) is 13.3. The molecule has 0 saturated carbocycles. The van der Waals surface area contributed by atoms with Crippen LogP contribution in [-0.2, 0) is 20.0 Å². The minimum atomic E-state index is -3.83. The SMILES string of the molecule is O=S(=O)(Nc1ccc(-c2nc3cc(NS(=O)(=O)c4ccc5ccccc5c4)ccc3o2)cc1)c1ccc2ccccc2c1. The summed E-state index contributed by atoms with van der Waals surface area (Å²) >= 11 is 0. The van der Waals surface area contributed by atoms with Crippen LogP contribution in [0.4, 0.5) is 11.4 Å². The first-order valence-corrected chi connectivity index (χ1v) is 16.2. The highest BCUT2D eigenvalue weighted by molar-refractivity contribution is 7.93. The standard InChI is InChI=1S/C33H23N3O5S2/c37-42(38,29-16-11-22-5-1-3-7-25(22)19-29)35-27-13-9-24(10-14-27)33-34-31-21-28(15-18-32(31)41-33)36-43(39,40)30-17-12-23-6-2-4-8-26(23)20-30/h1-21,35-36H. The summed E-state index contributed by atoms with van der Waals surface area (Å²) in [5, 5.41) is 3.57. The van der Waals surface area contributed by atoms with Crippen molar-refractivity contribution in [3.63, 3.8) is 0 Å². The summed E-state index contributed by atoms with van der Waals surface area (Å²) < 4.78 is 63.3. The number of nitrogens with zero attached hydrogens (tertiary/aromatic N) is 1. The topological polar surface area (TPSA) is 118 Å². The molecule has 0 spiro atoms. The second kappa shape index (κ2) is 10.3. The maximum Gasteiger partial charge on any atom is 0.261 e. The van der Waals surface area contributed by atoms with Gasteiger partial charge in [-0.3, -0.25) is 9.44 Å². The maximum absolute atomic E-state index is 13.1. The fourth-order valence-electron chi connectivity index (χ4n) is 4.89. The molecule has 0 aliphatic carbocycles. The van der Waals surface area contributed by atoms with Crippen LogP contribution in [0.25, 0.3) is 44.1 Å². The Labute approximate surface area is 247 Å². The van der Waals surface area contributed by atoms with E-state index in [1.54, 1.807) is 78.9 Å². The number of oxazole rings is 1. The van der Waals surface area contributed by atoms with Gasteiger partial charge in [0.2, 0.25) is 5.89 Å². The number of benzene rings is 6. The molecular weight excluding hydrogens is 583 g/mol. The lowest BCUT2D eigenvalue weighted by Gasteiger charge is -2.09. The fraction of sp³-hybridized carbons (Fsp3) is 0. The second-order valence-corrected chi connectivity index (χ2v) is 13.4. The summed E-state index contributed by atoms with van der Waals surface area (Å²) in [5.41, 5.74) is 2.31. The van der Waals surface area contributed by atoms with Gasteiger partial charge in [0.1, 0.15) is 5.52 Å². The van der Waals surface area contributed by atoms with Crippen LogP contribution in [0.3, 0.4) is 0 Å². The van der Waals surface area contributed by atoms with Gasteiger partial charge < -0.3 is 4.42 Å². The molecule has 212 valence electrons. The first-order chi connectivity index (χ1) is 20.7. The lowest BCUT2D eigenvalue weighted by Crippen LogP contribution is -2.12. The van der Waals surface area contributed by atoms with Gasteiger partial charge >= 0.3 is 0 Å². The summed E-state index contributed by atoms with van der Waals surface area (Å²) in [6.07, 6.45) is 0. The summed E-state index contributed by atoms with van der Waals surface area (Å²) in [6, 6.07) is 36.6. The van der Waals surface area contributed by atoms with Crippen molar-refractivity contribution in [3.8, 4) is 11.5 Å². The highest BCUT2D eigenvalue weighted by Gasteiger charge is 2.18. The molecule has 43 heavy (non-hydrogen) atoms. The minimum Gasteiger partial charge on any atom is -0.436 e. The van der Waals surface area contributed by atoms with Crippen LogP contribution in [-0.4, -0.2) is 21.8 Å². The zero-order valence-corrected chi connectivity index (χ0v) is 24.1. The van der Waals surface area contributed by atoms with Gasteiger partial charge in [-0.1, -0.05) is 60.7 Å². The molecule has 7 rings (SSSR count). The number of sulfonamides is 2. The lowest BCUT2D eigenvalue weighted by atomic mass is 10.1. The van der Waals surface area contributed by atoms with Gasteiger partial charge in [0.25, 0.3) is 20.0 Å². The third-order valence-electron chi connectivity index (χ3n) is 7.09. The van der Waals surface area contributed by atoms with Crippen molar-refractivity contribution >= 4 is 64.1 Å². The van der Waals surface area contributed by atoms with Crippen LogP contribution in [0.15, 0.2) is 142 Å². The highest BCUT2D eigenvalue weighted by Crippen LogP contribution is 2.29. The van der Waals surface area contributed by atoms with Gasteiger partial charge in [-0.2, -0.15) is 0 Å². The molecule has 8 nitrogen and oxygen atoms in total. The Morgan fingerprint density at radius 3 is 1.60 bits per heavy atom. The zero-order chi connectivity index (χ0) is 29.6. The van der Waals surface area contributed by atoms with Crippen molar-refractivity contribution in [2.45, 2.75) is 9.79 Å². The van der Waals surface area contributed by atoms with Gasteiger partial charge in [0.05, 0.1) is 15.5 Å². The molecule has 0 aliphatic rings. The Balaban J connectivity index is 1.10. The van der Waals surface area contributed by atoms with E-state index in [0.29, 0.717) is 33.9 Å². The molecule has 0 bridgehead atoms. The summed E-state index contributed by atoms with van der Waals surface area (Å²) in [6.45, 7) is 0. The molecule has 6 aromatic carbocycles. The predicted octanol–water partition coefficient (Wildman–Crippen LogP) is 7.40. The number of fused-ring (bicyclic) bond motifs is 3. The number of anilines is 2. The normalized spacial score (nSPS) is 12.1. The molecule has 0 unspecified atom stereocenters. The monoisotopic (exact) mass is 605 g/mol. The fourth-order valence-corrected chi connectivity index (χ4v) is 7.07. The Bertz CT molecular complexity index is 2380. The number of hydrogen-bond donors (Lipinski definition) is 2. The molecule has 0 amide bonds. The molecule has 0 atom stereocenters. The van der Waals surface area contributed by atoms with Crippen molar-refractivity contribution in [1.29, 1.82) is 0 Å². The molecule has 0 aliphatic heterocycles. The first kappa shape index (κ1) is 26.7. The van der Waals surface area contributed by atoms with E-state index < -0.39 is 20.0 Å². The van der Waals surface area contributed by atoms with Crippen molar-refractivity contribution in [2.24, 2.45) is 0 Å². The maximum atomic E-state index is 13.1. The third-order valence-corrected chi connectivity index (χ3v) is 9.84. The zero-order valence-electron chi connectivity index (χ0n) is 22.4. The number of hydrogen-bond acceptors (Lipinski definition) is 6. The van der Waals surface area contributed by atoms with E-state index in [2.05, 4.69) is 14.4 Å². The minimum absolute atomic E-state index is 0.156. The Hall–Kier alpha value is -5.19. The van der Waals surface area contributed by atoms with Crippen molar-refractivity contribution < 1.29 is 21.3 Å². The number of aromatic nitrogens is 1. The van der Waals surface area contributed by atoms with Gasteiger partial charge in [0, 0.05) is 11.3 Å². The smallest absolute Gasteiger partial charge is 0.261 e. The average molecular weight is 606 g/mol. The Morgan fingerprint density at radius 2 is 1.02 bits per heavy atom. The summed E-state index contributed by atoms with van der Waals surface area (Å²) in [4.78, 5) is 4.85. The van der Waals surface area contributed by atoms with Crippen molar-refractivity contribution in [1.82, 2.24) is 4.98 Å². The summed E-state index contributed by atoms with van der Waals surface area (Å²) in [5.74, 6) is 0.313. The van der Waals surface area contributed by atoms with Crippen LogP contribution in [0.1, 0.15) is 0 Å². The van der Waals surface area contributed by atoms with E-state index in [-0.39, 0.29) is 9.79 Å². The molecule has 1 aromatic heterocycles. The molecule has 0 saturated heterocycles. The van der Waals surface area contributed by atoms with Crippen molar-refractivity contribution in [2.75, 3.05) is 9.44 Å². The number of nitrogens with one attached hydrogen (secondary N) is 2. The molecular formula is C33H23N3O5S2. The molecule has 1 heterocycles. The van der Waals surface area contributed by atoms with E-state index in [9.17, 15) is 16.8 Å². The summed E-state index contributed by atoms with van der Waals surface area (Å²) in [7, 11) is -7.63. The van der Waals surface area contributed by atoms with E-state index in [1.165, 1.54) is 0 Å². The molecule has 10 heteroatoms. The van der Waals surface area contributed by atoms with Crippen molar-refractivity contribution in [3.05, 3.63) is 127 Å². The number of rotatable bonds is 7. The Morgan fingerprint density at radius 1 is 0.512 bits per heavy atom. The average Bonchev–Trinajstić information content (AvgIpc) is 3.44. The van der Waals surface area contributed by atoms with Gasteiger partial charge in [0.15, 0.2) is 5.58 Å². The lowest BCUT2D eigenvalue weighted by molar-refractivity contribution is 0.599. The van der Waals surface area contributed by atoms with E-state index in [4.69, 9.17) is 4.42 Å². The largest absolute Gasteiger partial charge is 0.436 e. The molecule has 7 aromatic rings. The predicted molar refractivity (Wildman–Crippen MR) is 169 cm³/mol.